The second-order valence-electron chi connectivity index (χ2n) is 14.2. The number of amides is 2. The van der Waals surface area contributed by atoms with Gasteiger partial charge in [-0.05, 0) is 66.1 Å². The Morgan fingerprint density at radius 1 is 0.913 bits per heavy atom. The van der Waals surface area contributed by atoms with Crippen molar-refractivity contribution in [2.45, 2.75) is 102 Å². The first-order valence-electron chi connectivity index (χ1n) is 16.6. The van der Waals surface area contributed by atoms with Crippen LogP contribution in [0, 0.1) is 5.92 Å². The van der Waals surface area contributed by atoms with Gasteiger partial charge in [0.25, 0.3) is 0 Å². The van der Waals surface area contributed by atoms with Gasteiger partial charge < -0.3 is 25.3 Å². The van der Waals surface area contributed by atoms with Crippen LogP contribution in [0.2, 0.25) is 18.1 Å². The Bertz CT molecular complexity index is 1410. The van der Waals surface area contributed by atoms with Crippen molar-refractivity contribution < 1.29 is 24.2 Å². The summed E-state index contributed by atoms with van der Waals surface area (Å²) < 4.78 is 6.26. The minimum Gasteiger partial charge on any atom is -0.417 e. The molecule has 0 saturated heterocycles. The molecule has 0 bridgehead atoms. The number of aliphatic hydroxyl groups is 2. The predicted molar refractivity (Wildman–Crippen MR) is 186 cm³/mol. The Labute approximate surface area is 275 Å². The van der Waals surface area contributed by atoms with Crippen LogP contribution in [0.1, 0.15) is 68.3 Å². The highest BCUT2D eigenvalue weighted by molar-refractivity contribution is 6.74. The number of fused-ring (bicyclic) bond motifs is 1. The highest BCUT2D eigenvalue weighted by Crippen LogP contribution is 2.36. The summed E-state index contributed by atoms with van der Waals surface area (Å²) in [5.74, 6) is -0.949. The first kappa shape index (κ1) is 35.5. The van der Waals surface area contributed by atoms with Gasteiger partial charge in [0, 0.05) is 25.4 Å². The van der Waals surface area contributed by atoms with Crippen molar-refractivity contribution in [3.05, 3.63) is 107 Å². The molecule has 3 aromatic carbocycles. The summed E-state index contributed by atoms with van der Waals surface area (Å²) in [5, 5.41) is 28.8. The number of aliphatic hydroxyl groups excluding tert-OH is 2. The molecule has 0 saturated carbocycles. The third kappa shape index (κ3) is 9.85. The van der Waals surface area contributed by atoms with Gasteiger partial charge in [0.15, 0.2) is 8.32 Å². The molecule has 1 aliphatic carbocycles. The fourth-order valence-electron chi connectivity index (χ4n) is 5.86. The summed E-state index contributed by atoms with van der Waals surface area (Å²) in [5.41, 5.74) is 3.92. The summed E-state index contributed by atoms with van der Waals surface area (Å²) in [6.07, 6.45) is 0.683. The summed E-state index contributed by atoms with van der Waals surface area (Å²) in [6, 6.07) is 26.2. The van der Waals surface area contributed by atoms with E-state index in [1.165, 1.54) is 0 Å². The molecule has 0 unspecified atom stereocenters. The van der Waals surface area contributed by atoms with Gasteiger partial charge in [0.05, 0.1) is 24.3 Å². The van der Waals surface area contributed by atoms with Gasteiger partial charge >= 0.3 is 0 Å². The van der Waals surface area contributed by atoms with Crippen LogP contribution < -0.4 is 10.6 Å². The lowest BCUT2D eigenvalue weighted by Gasteiger charge is -2.36. The minimum absolute atomic E-state index is 0.0992. The van der Waals surface area contributed by atoms with Crippen molar-refractivity contribution in [2.75, 3.05) is 6.61 Å². The maximum atomic E-state index is 13.9. The van der Waals surface area contributed by atoms with E-state index in [-0.39, 0.29) is 23.3 Å². The van der Waals surface area contributed by atoms with E-state index in [2.05, 4.69) is 44.5 Å². The van der Waals surface area contributed by atoms with Crippen molar-refractivity contribution in [1.82, 2.24) is 10.6 Å². The molecular weight excluding hydrogens is 593 g/mol. The molecule has 0 heterocycles. The smallest absolute Gasteiger partial charge is 0.224 e. The third-order valence-electron chi connectivity index (χ3n) is 9.65. The SMILES string of the molecule is CC(C)(C)[Si](C)(C)OCCCC(=O)N[C@@H](Cc1ccccc1)[C@@H](O)C[C@@H](Cc1ccccc1)C(=O)N[C@H]1c2ccccc2C[C@H]1O. The molecule has 8 heteroatoms. The van der Waals surface area contributed by atoms with Crippen LogP contribution in [-0.4, -0.2) is 55.2 Å². The van der Waals surface area contributed by atoms with Gasteiger partial charge in [-0.25, -0.2) is 0 Å². The Morgan fingerprint density at radius 3 is 2.13 bits per heavy atom. The number of hydrogen-bond donors (Lipinski definition) is 4. The predicted octanol–water partition coefficient (Wildman–Crippen LogP) is 5.90. The molecule has 4 rings (SSSR count). The van der Waals surface area contributed by atoms with Crippen molar-refractivity contribution in [2.24, 2.45) is 5.92 Å². The standard InChI is InChI=1S/C38H52N2O5Si/c1-38(2,3)46(4,5)45-22-14-21-35(43)39-32(24-28-17-10-7-11-18-28)33(41)26-30(23-27-15-8-6-9-16-27)37(44)40-36-31-20-13-12-19-29(31)25-34(36)42/h6-13,15-20,30,32-34,36,41-42H,14,21-26H2,1-5H3,(H,39,43)(H,40,44)/t30-,32+,33+,34-,36+/m1/s1. The monoisotopic (exact) mass is 644 g/mol. The zero-order chi connectivity index (χ0) is 33.3. The Kier molecular flexibility index (Phi) is 12.4. The van der Waals surface area contributed by atoms with Crippen LogP contribution >= 0.6 is 0 Å². The molecule has 2 amide bonds. The molecule has 0 spiro atoms. The van der Waals surface area contributed by atoms with Crippen LogP contribution in [-0.2, 0) is 33.3 Å². The molecular formula is C38H52N2O5Si. The molecule has 5 atom stereocenters. The molecule has 0 fully saturated rings. The lowest BCUT2D eigenvalue weighted by atomic mass is 9.88. The van der Waals surface area contributed by atoms with E-state index >= 15 is 0 Å². The first-order chi connectivity index (χ1) is 21.8. The fraction of sp³-hybridized carbons (Fsp3) is 0.474. The maximum Gasteiger partial charge on any atom is 0.224 e. The molecule has 248 valence electrons. The number of hydrogen-bond acceptors (Lipinski definition) is 5. The number of carbonyl (C=O) groups excluding carboxylic acids is 2. The zero-order valence-electron chi connectivity index (χ0n) is 28.0. The van der Waals surface area contributed by atoms with Gasteiger partial charge in [-0.3, -0.25) is 9.59 Å². The molecule has 0 aliphatic heterocycles. The summed E-state index contributed by atoms with van der Waals surface area (Å²) in [4.78, 5) is 27.1. The van der Waals surface area contributed by atoms with Crippen LogP contribution in [0.4, 0.5) is 0 Å². The van der Waals surface area contributed by atoms with Crippen molar-refractivity contribution >= 4 is 20.1 Å². The molecule has 4 N–H and O–H groups in total. The third-order valence-corrected chi connectivity index (χ3v) is 14.2. The highest BCUT2D eigenvalue weighted by Gasteiger charge is 2.37. The number of carbonyl (C=O) groups is 2. The highest BCUT2D eigenvalue weighted by atomic mass is 28.4. The van der Waals surface area contributed by atoms with Gasteiger partial charge in [-0.15, -0.1) is 0 Å². The van der Waals surface area contributed by atoms with Gasteiger partial charge in [0.1, 0.15) is 0 Å². The first-order valence-corrected chi connectivity index (χ1v) is 19.5. The minimum atomic E-state index is -1.90. The molecule has 3 aromatic rings. The zero-order valence-corrected chi connectivity index (χ0v) is 29.0. The Balaban J connectivity index is 1.46. The number of rotatable bonds is 15. The normalized spacial score (nSPS) is 18.3. The van der Waals surface area contributed by atoms with E-state index in [0.29, 0.717) is 38.7 Å². The topological polar surface area (TPSA) is 108 Å². The van der Waals surface area contributed by atoms with Crippen molar-refractivity contribution in [1.29, 1.82) is 0 Å². The second-order valence-corrected chi connectivity index (χ2v) is 19.0. The van der Waals surface area contributed by atoms with Crippen LogP contribution in [0.15, 0.2) is 84.9 Å². The molecule has 46 heavy (non-hydrogen) atoms. The van der Waals surface area contributed by atoms with E-state index in [1.807, 2.05) is 84.9 Å². The quantitative estimate of drug-likeness (QED) is 0.122. The van der Waals surface area contributed by atoms with Gasteiger partial charge in [-0.1, -0.05) is 106 Å². The lowest BCUT2D eigenvalue weighted by molar-refractivity contribution is -0.127. The molecule has 0 aromatic heterocycles. The van der Waals surface area contributed by atoms with Crippen LogP contribution in [0.3, 0.4) is 0 Å². The van der Waals surface area contributed by atoms with Crippen LogP contribution in [0.25, 0.3) is 0 Å². The second kappa shape index (κ2) is 16.0. The van der Waals surface area contributed by atoms with Crippen molar-refractivity contribution in [3.63, 3.8) is 0 Å². The van der Waals surface area contributed by atoms with E-state index in [4.69, 9.17) is 4.43 Å². The Morgan fingerprint density at radius 2 is 1.50 bits per heavy atom. The van der Waals surface area contributed by atoms with Crippen molar-refractivity contribution in [3.8, 4) is 0 Å². The van der Waals surface area contributed by atoms with Gasteiger partial charge in [-0.2, -0.15) is 0 Å². The Hall–Kier alpha value is -3.30. The number of benzene rings is 3. The molecule has 1 aliphatic rings. The molecule has 0 radical (unpaired) electrons. The molecule has 7 nitrogen and oxygen atoms in total. The maximum absolute atomic E-state index is 13.9. The lowest BCUT2D eigenvalue weighted by Crippen LogP contribution is -2.47. The van der Waals surface area contributed by atoms with E-state index in [0.717, 1.165) is 22.3 Å². The number of nitrogens with one attached hydrogen (secondary N) is 2. The van der Waals surface area contributed by atoms with E-state index < -0.39 is 38.5 Å². The fourth-order valence-corrected chi connectivity index (χ4v) is 6.95. The average molecular weight is 645 g/mol. The summed E-state index contributed by atoms with van der Waals surface area (Å²) >= 11 is 0. The summed E-state index contributed by atoms with van der Waals surface area (Å²) in [7, 11) is -1.90. The van der Waals surface area contributed by atoms with E-state index in [9.17, 15) is 19.8 Å². The van der Waals surface area contributed by atoms with E-state index in [1.54, 1.807) is 0 Å². The van der Waals surface area contributed by atoms with Crippen LogP contribution in [0.5, 0.6) is 0 Å². The summed E-state index contributed by atoms with van der Waals surface area (Å²) in [6.45, 7) is 11.5. The largest absolute Gasteiger partial charge is 0.417 e. The van der Waals surface area contributed by atoms with Gasteiger partial charge in [0.2, 0.25) is 11.8 Å². The average Bonchev–Trinajstić information content (AvgIpc) is 3.33.